The van der Waals surface area contributed by atoms with Crippen molar-refractivity contribution < 1.29 is 4.74 Å². The van der Waals surface area contributed by atoms with Crippen molar-refractivity contribution in [3.63, 3.8) is 0 Å². The minimum atomic E-state index is 0.379. The Morgan fingerprint density at radius 2 is 1.50 bits per heavy atom. The van der Waals surface area contributed by atoms with E-state index in [1.165, 1.54) is 11.1 Å². The molecule has 2 heterocycles. The molecule has 0 bridgehead atoms. The van der Waals surface area contributed by atoms with Crippen LogP contribution in [0.2, 0.25) is 0 Å². The maximum absolute atomic E-state index is 5.44. The molecule has 0 unspecified atom stereocenters. The number of anilines is 4. The molecule has 3 aromatic rings. The van der Waals surface area contributed by atoms with Gasteiger partial charge in [-0.25, -0.2) is 5.43 Å². The molecule has 2 aromatic carbocycles. The molecule has 154 valence electrons. The number of nitrogens with one attached hydrogen (secondary N) is 2. The molecule has 1 aliphatic heterocycles. The number of hydrazone groups is 1. The highest BCUT2D eigenvalue weighted by atomic mass is 16.5. The first-order valence-corrected chi connectivity index (χ1v) is 9.94. The molecule has 0 aliphatic carbocycles. The number of morpholine rings is 1. The van der Waals surface area contributed by atoms with E-state index in [9.17, 15) is 0 Å². The molecular formula is C22H25N7O. The average molecular weight is 403 g/mol. The lowest BCUT2D eigenvalue weighted by Crippen LogP contribution is -2.37. The fraction of sp³-hybridized carbons (Fsp3) is 0.273. The highest BCUT2D eigenvalue weighted by molar-refractivity contribution is 5.80. The van der Waals surface area contributed by atoms with Crippen molar-refractivity contribution in [2.24, 2.45) is 5.10 Å². The van der Waals surface area contributed by atoms with Gasteiger partial charge in [0.1, 0.15) is 0 Å². The van der Waals surface area contributed by atoms with E-state index in [0.717, 1.165) is 24.3 Å². The first-order chi connectivity index (χ1) is 14.7. The van der Waals surface area contributed by atoms with Gasteiger partial charge >= 0.3 is 0 Å². The summed E-state index contributed by atoms with van der Waals surface area (Å²) in [4.78, 5) is 15.7. The van der Waals surface area contributed by atoms with Crippen LogP contribution in [0.1, 0.15) is 16.7 Å². The Kier molecular flexibility index (Phi) is 6.14. The zero-order valence-corrected chi connectivity index (χ0v) is 17.2. The largest absolute Gasteiger partial charge is 0.378 e. The first-order valence-electron chi connectivity index (χ1n) is 9.94. The molecule has 0 saturated carbocycles. The van der Waals surface area contributed by atoms with Crippen molar-refractivity contribution in [1.29, 1.82) is 0 Å². The van der Waals surface area contributed by atoms with Gasteiger partial charge in [0.25, 0.3) is 0 Å². The summed E-state index contributed by atoms with van der Waals surface area (Å²) in [6.07, 6.45) is 1.74. The van der Waals surface area contributed by atoms with Crippen molar-refractivity contribution in [3.8, 4) is 0 Å². The first kappa shape index (κ1) is 19.8. The van der Waals surface area contributed by atoms with Crippen LogP contribution in [0.4, 0.5) is 23.5 Å². The molecule has 1 aliphatic rings. The van der Waals surface area contributed by atoms with Gasteiger partial charge < -0.3 is 15.0 Å². The lowest BCUT2D eigenvalue weighted by Gasteiger charge is -2.27. The second-order valence-electron chi connectivity index (χ2n) is 7.15. The predicted molar refractivity (Wildman–Crippen MR) is 120 cm³/mol. The zero-order chi connectivity index (χ0) is 20.8. The van der Waals surface area contributed by atoms with Gasteiger partial charge in [-0.05, 0) is 31.5 Å². The molecule has 1 aromatic heterocycles. The van der Waals surface area contributed by atoms with Gasteiger partial charge in [-0.15, -0.1) is 0 Å². The number of benzene rings is 2. The van der Waals surface area contributed by atoms with E-state index < -0.39 is 0 Å². The molecule has 1 saturated heterocycles. The second-order valence-corrected chi connectivity index (χ2v) is 7.15. The van der Waals surface area contributed by atoms with Crippen LogP contribution in [0.3, 0.4) is 0 Å². The average Bonchev–Trinajstić information content (AvgIpc) is 2.77. The normalized spacial score (nSPS) is 14.1. The van der Waals surface area contributed by atoms with Crippen LogP contribution >= 0.6 is 0 Å². The van der Waals surface area contributed by atoms with Crippen molar-refractivity contribution in [1.82, 2.24) is 15.0 Å². The Balaban J connectivity index is 1.55. The van der Waals surface area contributed by atoms with E-state index in [1.54, 1.807) is 6.21 Å². The Morgan fingerprint density at radius 3 is 2.20 bits per heavy atom. The molecule has 0 atom stereocenters. The predicted octanol–water partition coefficient (Wildman–Crippen LogP) is 3.51. The molecule has 1 fully saturated rings. The number of nitrogens with zero attached hydrogens (tertiary/aromatic N) is 5. The van der Waals surface area contributed by atoms with Gasteiger partial charge in [0.05, 0.1) is 19.4 Å². The van der Waals surface area contributed by atoms with Crippen LogP contribution < -0.4 is 15.6 Å². The molecule has 2 N–H and O–H groups in total. The third-order valence-electron chi connectivity index (χ3n) is 4.68. The number of rotatable bonds is 6. The number of hydrogen-bond donors (Lipinski definition) is 2. The van der Waals surface area contributed by atoms with E-state index in [2.05, 4.69) is 49.5 Å². The SMILES string of the molecule is Cc1ccc(/C=N/Nc2nc(Nc3ccc(C)cc3)nc(N3CCOCC3)n2)cc1. The van der Waals surface area contributed by atoms with Crippen molar-refractivity contribution in [3.05, 3.63) is 65.2 Å². The fourth-order valence-electron chi connectivity index (χ4n) is 2.96. The number of aryl methyl sites for hydroxylation is 2. The number of aromatic nitrogens is 3. The summed E-state index contributed by atoms with van der Waals surface area (Å²) in [5, 5.41) is 7.54. The lowest BCUT2D eigenvalue weighted by atomic mass is 10.2. The maximum Gasteiger partial charge on any atom is 0.250 e. The molecule has 0 spiro atoms. The highest BCUT2D eigenvalue weighted by Gasteiger charge is 2.16. The summed E-state index contributed by atoms with van der Waals surface area (Å²) >= 11 is 0. The summed E-state index contributed by atoms with van der Waals surface area (Å²) in [6.45, 7) is 6.89. The van der Waals surface area contributed by atoms with Gasteiger partial charge in [-0.1, -0.05) is 47.5 Å². The molecule has 8 nitrogen and oxygen atoms in total. The summed E-state index contributed by atoms with van der Waals surface area (Å²) in [5.74, 6) is 1.43. The molecule has 0 radical (unpaired) electrons. The molecule has 8 heteroatoms. The summed E-state index contributed by atoms with van der Waals surface area (Å²) < 4.78 is 5.44. The van der Waals surface area contributed by atoms with E-state index in [1.807, 2.05) is 48.5 Å². The Labute approximate surface area is 176 Å². The molecule has 30 heavy (non-hydrogen) atoms. The summed E-state index contributed by atoms with van der Waals surface area (Å²) in [6, 6.07) is 16.2. The third-order valence-corrected chi connectivity index (χ3v) is 4.68. The zero-order valence-electron chi connectivity index (χ0n) is 17.2. The topological polar surface area (TPSA) is 87.6 Å². The van der Waals surface area contributed by atoms with Crippen LogP contribution in [0, 0.1) is 13.8 Å². The van der Waals surface area contributed by atoms with E-state index >= 15 is 0 Å². The number of hydrogen-bond acceptors (Lipinski definition) is 8. The monoisotopic (exact) mass is 403 g/mol. The highest BCUT2D eigenvalue weighted by Crippen LogP contribution is 2.19. The Bertz CT molecular complexity index is 997. The standard InChI is InChI=1S/C22H25N7O/c1-16-3-7-18(8-4-16)15-23-28-21-25-20(24-19-9-5-17(2)6-10-19)26-22(27-21)29-11-13-30-14-12-29/h3-10,15H,11-14H2,1-2H3,(H2,24,25,26,27,28)/b23-15+. The van der Waals surface area contributed by atoms with Crippen LogP contribution in [-0.4, -0.2) is 47.5 Å². The smallest absolute Gasteiger partial charge is 0.250 e. The van der Waals surface area contributed by atoms with Gasteiger partial charge in [0.15, 0.2) is 0 Å². The lowest BCUT2D eigenvalue weighted by molar-refractivity contribution is 0.122. The Hall–Kier alpha value is -3.52. The second kappa shape index (κ2) is 9.32. The van der Waals surface area contributed by atoms with Gasteiger partial charge in [0.2, 0.25) is 17.8 Å². The van der Waals surface area contributed by atoms with Crippen molar-refractivity contribution >= 4 is 29.7 Å². The Morgan fingerprint density at radius 1 is 0.867 bits per heavy atom. The van der Waals surface area contributed by atoms with Gasteiger partial charge in [-0.3, -0.25) is 0 Å². The summed E-state index contributed by atoms with van der Waals surface area (Å²) in [7, 11) is 0. The van der Waals surface area contributed by atoms with Crippen LogP contribution in [0.5, 0.6) is 0 Å². The van der Waals surface area contributed by atoms with Crippen LogP contribution in [0.25, 0.3) is 0 Å². The third kappa shape index (κ3) is 5.30. The van der Waals surface area contributed by atoms with E-state index in [0.29, 0.717) is 31.1 Å². The quantitative estimate of drug-likeness (QED) is 0.481. The minimum Gasteiger partial charge on any atom is -0.378 e. The van der Waals surface area contributed by atoms with Crippen LogP contribution in [-0.2, 0) is 4.74 Å². The summed E-state index contributed by atoms with van der Waals surface area (Å²) in [5.41, 5.74) is 7.24. The van der Waals surface area contributed by atoms with E-state index in [4.69, 9.17) is 4.74 Å². The molecular weight excluding hydrogens is 378 g/mol. The number of ether oxygens (including phenoxy) is 1. The molecule has 4 rings (SSSR count). The van der Waals surface area contributed by atoms with Crippen molar-refractivity contribution in [2.75, 3.05) is 41.9 Å². The van der Waals surface area contributed by atoms with Gasteiger partial charge in [0, 0.05) is 18.8 Å². The van der Waals surface area contributed by atoms with Crippen LogP contribution in [0.15, 0.2) is 53.6 Å². The molecule has 0 amide bonds. The minimum absolute atomic E-state index is 0.379. The van der Waals surface area contributed by atoms with E-state index in [-0.39, 0.29) is 0 Å². The maximum atomic E-state index is 5.44. The fourth-order valence-corrected chi connectivity index (χ4v) is 2.96. The van der Waals surface area contributed by atoms with Gasteiger partial charge in [-0.2, -0.15) is 20.1 Å². The van der Waals surface area contributed by atoms with Crippen molar-refractivity contribution in [2.45, 2.75) is 13.8 Å².